The second-order valence-corrected chi connectivity index (χ2v) is 12.1. The lowest BCUT2D eigenvalue weighted by atomic mass is 9.86. The largest absolute Gasteiger partial charge is 0.349 e. The topological polar surface area (TPSA) is 74.7 Å². The molecule has 0 spiro atoms. The number of likely N-dealkylation sites (tertiary alicyclic amines) is 2. The van der Waals surface area contributed by atoms with Gasteiger partial charge in [-0.05, 0) is 56.1 Å². The molecule has 9 heteroatoms. The van der Waals surface area contributed by atoms with Crippen molar-refractivity contribution < 1.29 is 18.4 Å². The number of fused-ring (bicyclic) bond motifs is 1. The lowest BCUT2D eigenvalue weighted by Gasteiger charge is -2.30. The van der Waals surface area contributed by atoms with Gasteiger partial charge in [-0.15, -0.1) is 0 Å². The number of aryl methyl sites for hydroxylation is 1. The quantitative estimate of drug-likeness (QED) is 0.560. The van der Waals surface area contributed by atoms with Crippen LogP contribution in [0.2, 0.25) is 0 Å². The van der Waals surface area contributed by atoms with Crippen molar-refractivity contribution in [1.29, 1.82) is 0 Å². The third kappa shape index (κ3) is 5.99. The normalized spacial score (nSPS) is 23.7. The minimum atomic E-state index is -2.65. The number of nitrogens with zero attached hydrogens (tertiary/aromatic N) is 3. The Balaban J connectivity index is 1.17. The van der Waals surface area contributed by atoms with Gasteiger partial charge in [0.25, 0.3) is 11.5 Å². The van der Waals surface area contributed by atoms with E-state index in [1.807, 2.05) is 49.1 Å². The monoisotopic (exact) mass is 554 g/mol. The number of nitrogens with one attached hydrogen (secondary N) is 1. The van der Waals surface area contributed by atoms with Crippen LogP contribution in [0, 0.1) is 31.6 Å². The molecule has 216 valence electrons. The summed E-state index contributed by atoms with van der Waals surface area (Å²) in [7, 11) is 1.70. The highest BCUT2D eigenvalue weighted by Crippen LogP contribution is 2.37. The summed E-state index contributed by atoms with van der Waals surface area (Å²) in [6, 6.07) is 11.2. The molecule has 3 heterocycles. The van der Waals surface area contributed by atoms with E-state index < -0.39 is 5.92 Å². The Labute approximate surface area is 234 Å². The molecule has 3 fully saturated rings. The number of hydrogen-bond donors (Lipinski definition) is 1. The van der Waals surface area contributed by atoms with Crippen LogP contribution in [0.1, 0.15) is 65.3 Å². The van der Waals surface area contributed by atoms with Crippen LogP contribution in [0.5, 0.6) is 0 Å². The highest BCUT2D eigenvalue weighted by Gasteiger charge is 2.42. The van der Waals surface area contributed by atoms with Crippen LogP contribution in [-0.4, -0.2) is 64.8 Å². The zero-order valence-corrected chi connectivity index (χ0v) is 23.7. The fourth-order valence-corrected chi connectivity index (χ4v) is 6.80. The Morgan fingerprint density at radius 1 is 1.02 bits per heavy atom. The predicted molar refractivity (Wildman–Crippen MR) is 149 cm³/mol. The molecule has 2 aromatic rings. The average molecular weight is 555 g/mol. The molecule has 1 saturated carbocycles. The van der Waals surface area contributed by atoms with Gasteiger partial charge in [-0.25, -0.2) is 8.78 Å². The molecule has 2 amide bonds. The predicted octanol–water partition coefficient (Wildman–Crippen LogP) is 4.08. The van der Waals surface area contributed by atoms with Crippen LogP contribution in [-0.2, 0) is 11.8 Å². The van der Waals surface area contributed by atoms with Crippen molar-refractivity contribution in [2.45, 2.75) is 57.9 Å². The Bertz CT molecular complexity index is 1290. The van der Waals surface area contributed by atoms with E-state index in [0.29, 0.717) is 36.2 Å². The van der Waals surface area contributed by atoms with E-state index in [1.54, 1.807) is 7.05 Å². The zero-order valence-electron chi connectivity index (χ0n) is 23.7. The van der Waals surface area contributed by atoms with E-state index in [4.69, 9.17) is 0 Å². The number of rotatable bonds is 7. The summed E-state index contributed by atoms with van der Waals surface area (Å²) in [5.41, 5.74) is 2.97. The Hall–Kier alpha value is -3.07. The fourth-order valence-electron chi connectivity index (χ4n) is 6.80. The van der Waals surface area contributed by atoms with Crippen molar-refractivity contribution in [3.8, 4) is 0 Å². The Kier molecular flexibility index (Phi) is 8.13. The molecule has 2 aliphatic heterocycles. The molecule has 1 N–H and O–H groups in total. The van der Waals surface area contributed by atoms with Gasteiger partial charge in [0.2, 0.25) is 11.8 Å². The molecule has 1 aromatic carbocycles. The van der Waals surface area contributed by atoms with Crippen LogP contribution < -0.4 is 10.9 Å². The summed E-state index contributed by atoms with van der Waals surface area (Å²) in [6.45, 7) is 7.65. The molecule has 1 aromatic heterocycles. The van der Waals surface area contributed by atoms with Crippen molar-refractivity contribution in [3.63, 3.8) is 0 Å². The number of alkyl halides is 2. The summed E-state index contributed by atoms with van der Waals surface area (Å²) < 4.78 is 28.7. The van der Waals surface area contributed by atoms with Gasteiger partial charge >= 0.3 is 0 Å². The third-order valence-corrected chi connectivity index (χ3v) is 9.33. The van der Waals surface area contributed by atoms with Crippen LogP contribution in [0.25, 0.3) is 0 Å². The minimum absolute atomic E-state index is 0.00104. The van der Waals surface area contributed by atoms with E-state index in [1.165, 1.54) is 10.6 Å². The molecule has 0 bridgehead atoms. The molecule has 2 saturated heterocycles. The summed E-state index contributed by atoms with van der Waals surface area (Å²) in [6.07, 6.45) is 0.737. The molecule has 0 radical (unpaired) electrons. The maximum Gasteiger partial charge on any atom is 0.255 e. The first kappa shape index (κ1) is 28.5. The van der Waals surface area contributed by atoms with Crippen LogP contribution in [0.3, 0.4) is 0 Å². The Morgan fingerprint density at radius 3 is 2.27 bits per heavy atom. The minimum Gasteiger partial charge on any atom is -0.349 e. The van der Waals surface area contributed by atoms with Gasteiger partial charge in [-0.1, -0.05) is 30.3 Å². The van der Waals surface area contributed by atoms with E-state index >= 15 is 0 Å². The van der Waals surface area contributed by atoms with Crippen LogP contribution in [0.15, 0.2) is 41.2 Å². The van der Waals surface area contributed by atoms with E-state index in [9.17, 15) is 23.2 Å². The molecule has 40 heavy (non-hydrogen) atoms. The van der Waals surface area contributed by atoms with E-state index in [0.717, 1.165) is 37.2 Å². The lowest BCUT2D eigenvalue weighted by Crippen LogP contribution is -2.39. The number of carbonyl (C=O) groups excluding carboxylic acids is 2. The van der Waals surface area contributed by atoms with Crippen molar-refractivity contribution >= 4 is 11.8 Å². The molecule has 5 rings (SSSR count). The first-order chi connectivity index (χ1) is 19.0. The second kappa shape index (κ2) is 11.4. The van der Waals surface area contributed by atoms with Crippen molar-refractivity contribution in [2.24, 2.45) is 24.8 Å². The number of carbonyl (C=O) groups is 2. The van der Waals surface area contributed by atoms with Crippen molar-refractivity contribution in [1.82, 2.24) is 19.7 Å². The first-order valence-electron chi connectivity index (χ1n) is 14.4. The standard InChI is InChI=1S/C31H40F2N4O3/c1-20-15-27(38)35(3)21(2)28(20)30(40)37-18-24-16-36(17-25(24)19-37)14-11-26(22-7-5-4-6-8-22)34-29(39)23-9-12-31(32,33)13-10-23/h4-8,15,23-26H,9-14,16-19H2,1-3H3,(H,34,39)/t24-,25?,26?/m0/s1. The van der Waals surface area contributed by atoms with E-state index in [2.05, 4.69) is 10.2 Å². The number of amides is 2. The fraction of sp³-hybridized carbons (Fsp3) is 0.581. The summed E-state index contributed by atoms with van der Waals surface area (Å²) in [5, 5.41) is 3.18. The molecular weight excluding hydrogens is 514 g/mol. The Morgan fingerprint density at radius 2 is 1.65 bits per heavy atom. The van der Waals surface area contributed by atoms with Gasteiger partial charge in [0, 0.05) is 70.3 Å². The van der Waals surface area contributed by atoms with Crippen molar-refractivity contribution in [2.75, 3.05) is 32.7 Å². The molecule has 3 atom stereocenters. The maximum absolute atomic E-state index is 13.6. The second-order valence-electron chi connectivity index (χ2n) is 12.1. The highest BCUT2D eigenvalue weighted by atomic mass is 19.3. The number of hydrogen-bond acceptors (Lipinski definition) is 4. The smallest absolute Gasteiger partial charge is 0.255 e. The van der Waals surface area contributed by atoms with Crippen LogP contribution >= 0.6 is 0 Å². The van der Waals surface area contributed by atoms with Crippen LogP contribution in [0.4, 0.5) is 8.78 Å². The number of pyridine rings is 1. The van der Waals surface area contributed by atoms with E-state index in [-0.39, 0.29) is 55.0 Å². The van der Waals surface area contributed by atoms with Gasteiger partial charge in [-0.2, -0.15) is 0 Å². The molecule has 1 aliphatic carbocycles. The highest BCUT2D eigenvalue weighted by molar-refractivity contribution is 5.96. The molecular formula is C31H40F2N4O3. The molecule has 2 unspecified atom stereocenters. The number of benzene rings is 1. The number of halogens is 2. The lowest BCUT2D eigenvalue weighted by molar-refractivity contribution is -0.130. The summed E-state index contributed by atoms with van der Waals surface area (Å²) in [5.74, 6) is -2.35. The van der Waals surface area contributed by atoms with Gasteiger partial charge in [0.1, 0.15) is 0 Å². The average Bonchev–Trinajstić information content (AvgIpc) is 3.49. The summed E-state index contributed by atoms with van der Waals surface area (Å²) in [4.78, 5) is 42.9. The SMILES string of the molecule is Cc1cc(=O)n(C)c(C)c1C(=O)N1CC2CN(CCC(NC(=O)C3CCC(F)(F)CC3)c3ccccc3)C[C@H]2C1. The first-order valence-corrected chi connectivity index (χ1v) is 14.4. The maximum atomic E-state index is 13.6. The number of aromatic nitrogens is 1. The van der Waals surface area contributed by atoms with Gasteiger partial charge < -0.3 is 19.7 Å². The zero-order chi connectivity index (χ0) is 28.6. The molecule has 3 aliphatic rings. The van der Waals surface area contributed by atoms with Gasteiger partial charge in [0.05, 0.1) is 11.6 Å². The van der Waals surface area contributed by atoms with Gasteiger partial charge in [-0.3, -0.25) is 14.4 Å². The third-order valence-electron chi connectivity index (χ3n) is 9.33. The van der Waals surface area contributed by atoms with Gasteiger partial charge in [0.15, 0.2) is 0 Å². The van der Waals surface area contributed by atoms with Crippen molar-refractivity contribution in [3.05, 3.63) is 69.1 Å². The summed E-state index contributed by atoms with van der Waals surface area (Å²) >= 11 is 0. The molecule has 7 nitrogen and oxygen atoms in total.